The van der Waals surface area contributed by atoms with Gasteiger partial charge in [0, 0.05) is 10.8 Å². The lowest BCUT2D eigenvalue weighted by atomic mass is 10.5. The maximum Gasteiger partial charge on any atom is 0.221 e. The Morgan fingerprint density at radius 2 is 2.25 bits per heavy atom. The Bertz CT molecular complexity index is 87.4. The molecule has 0 amide bonds. The summed E-state index contributed by atoms with van der Waals surface area (Å²) in [5.74, 6) is 0.128. The van der Waals surface area contributed by atoms with Crippen molar-refractivity contribution in [2.45, 2.75) is 5.38 Å². The van der Waals surface area contributed by atoms with Crippen LogP contribution in [-0.2, 0) is 0 Å². The summed E-state index contributed by atoms with van der Waals surface area (Å²) in [7, 11) is 0. The number of nitro groups is 1. The first kappa shape index (κ1) is 7.98. The van der Waals surface area contributed by atoms with Crippen LogP contribution in [0.4, 0.5) is 0 Å². The van der Waals surface area contributed by atoms with Crippen molar-refractivity contribution in [2.24, 2.45) is 0 Å². The molecule has 0 radical (unpaired) electrons. The second kappa shape index (κ2) is 3.92. The summed E-state index contributed by atoms with van der Waals surface area (Å²) in [5, 5.41) is 9.10. The third-order valence-corrected chi connectivity index (χ3v) is 1.34. The summed E-state index contributed by atoms with van der Waals surface area (Å²) < 4.78 is 0. The van der Waals surface area contributed by atoms with E-state index < -0.39 is 10.3 Å². The third-order valence-electron chi connectivity index (χ3n) is 0.515. The van der Waals surface area contributed by atoms with Gasteiger partial charge in [-0.15, -0.1) is 23.2 Å². The van der Waals surface area contributed by atoms with E-state index in [1.807, 2.05) is 0 Å². The predicted molar refractivity (Wildman–Crippen MR) is 32.2 cm³/mol. The minimum atomic E-state index is -0.535. The van der Waals surface area contributed by atoms with Crippen LogP contribution in [0.5, 0.6) is 0 Å². The van der Waals surface area contributed by atoms with Crippen LogP contribution < -0.4 is 0 Å². The molecule has 0 spiro atoms. The van der Waals surface area contributed by atoms with Crippen LogP contribution in [0.25, 0.3) is 0 Å². The summed E-state index contributed by atoms with van der Waals surface area (Å²) >= 11 is 10.4. The fourth-order valence-corrected chi connectivity index (χ4v) is 0.421. The Labute approximate surface area is 56.7 Å². The van der Waals surface area contributed by atoms with Crippen molar-refractivity contribution in [3.63, 3.8) is 0 Å². The number of rotatable bonds is 3. The average molecular weight is 158 g/mol. The highest BCUT2D eigenvalue weighted by Gasteiger charge is 2.08. The van der Waals surface area contributed by atoms with E-state index in [0.717, 1.165) is 0 Å². The van der Waals surface area contributed by atoms with Crippen molar-refractivity contribution >= 4 is 23.2 Å². The van der Waals surface area contributed by atoms with Gasteiger partial charge in [0.2, 0.25) is 6.54 Å². The maximum absolute atomic E-state index is 9.63. The smallest absolute Gasteiger partial charge is 0.221 e. The van der Waals surface area contributed by atoms with Crippen LogP contribution in [0.3, 0.4) is 0 Å². The molecule has 8 heavy (non-hydrogen) atoms. The van der Waals surface area contributed by atoms with Gasteiger partial charge in [-0.05, 0) is 0 Å². The number of halogens is 2. The zero-order chi connectivity index (χ0) is 6.57. The van der Waals surface area contributed by atoms with E-state index in [0.29, 0.717) is 0 Å². The van der Waals surface area contributed by atoms with Gasteiger partial charge in [-0.3, -0.25) is 10.1 Å². The van der Waals surface area contributed by atoms with Gasteiger partial charge in [0.25, 0.3) is 0 Å². The SMILES string of the molecule is O=[N+]([O-])C[C@@H](Cl)CCl. The molecule has 0 heterocycles. The molecule has 0 N–H and O–H groups in total. The molecule has 0 aromatic rings. The van der Waals surface area contributed by atoms with E-state index in [2.05, 4.69) is 0 Å². The zero-order valence-electron chi connectivity index (χ0n) is 4.01. The summed E-state index contributed by atoms with van der Waals surface area (Å²) in [6.45, 7) is -0.259. The summed E-state index contributed by atoms with van der Waals surface area (Å²) in [6, 6.07) is 0. The molecule has 0 saturated carbocycles. The van der Waals surface area contributed by atoms with Gasteiger partial charge in [-0.2, -0.15) is 0 Å². The van der Waals surface area contributed by atoms with E-state index in [9.17, 15) is 10.1 Å². The van der Waals surface area contributed by atoms with Crippen molar-refractivity contribution in [3.05, 3.63) is 10.1 Å². The molecule has 0 saturated heterocycles. The topological polar surface area (TPSA) is 43.1 Å². The second-order valence-corrected chi connectivity index (χ2v) is 2.19. The molecule has 0 aliphatic rings. The summed E-state index contributed by atoms with van der Waals surface area (Å²) in [6.07, 6.45) is 0. The fourth-order valence-electron chi connectivity index (χ4n) is 0.211. The Balaban J connectivity index is 3.24. The lowest BCUT2D eigenvalue weighted by molar-refractivity contribution is -0.478. The van der Waals surface area contributed by atoms with E-state index in [1.165, 1.54) is 0 Å². The molecule has 1 atom stereocenters. The lowest BCUT2D eigenvalue weighted by Gasteiger charge is -1.94. The first-order valence-electron chi connectivity index (χ1n) is 1.98. The summed E-state index contributed by atoms with van der Waals surface area (Å²) in [4.78, 5) is 9.15. The molecule has 0 fully saturated rings. The Kier molecular flexibility index (Phi) is 3.91. The number of nitrogens with zero attached hydrogens (tertiary/aromatic N) is 1. The van der Waals surface area contributed by atoms with Crippen molar-refractivity contribution in [2.75, 3.05) is 12.4 Å². The Hall–Kier alpha value is -0.0200. The first-order chi connectivity index (χ1) is 3.66. The number of hydrogen-bond acceptors (Lipinski definition) is 2. The molecular weight excluding hydrogens is 153 g/mol. The van der Waals surface area contributed by atoms with Crippen LogP contribution in [0.2, 0.25) is 0 Å². The molecule has 3 nitrogen and oxygen atoms in total. The highest BCUT2D eigenvalue weighted by atomic mass is 35.5. The lowest BCUT2D eigenvalue weighted by Crippen LogP contribution is -2.14. The van der Waals surface area contributed by atoms with Crippen LogP contribution >= 0.6 is 23.2 Å². The normalized spacial score (nSPS) is 13.2. The average Bonchev–Trinajstić information content (AvgIpc) is 1.65. The third kappa shape index (κ3) is 4.15. The van der Waals surface area contributed by atoms with Crippen molar-refractivity contribution < 1.29 is 4.92 Å². The van der Waals surface area contributed by atoms with Crippen molar-refractivity contribution in [1.82, 2.24) is 0 Å². The van der Waals surface area contributed by atoms with E-state index in [4.69, 9.17) is 23.2 Å². The minimum Gasteiger partial charge on any atom is -0.264 e. The summed E-state index contributed by atoms with van der Waals surface area (Å²) in [5.41, 5.74) is 0. The minimum absolute atomic E-state index is 0.128. The molecule has 5 heteroatoms. The van der Waals surface area contributed by atoms with Gasteiger partial charge in [-0.1, -0.05) is 0 Å². The molecule has 48 valence electrons. The zero-order valence-corrected chi connectivity index (χ0v) is 5.52. The van der Waals surface area contributed by atoms with Crippen molar-refractivity contribution in [1.29, 1.82) is 0 Å². The van der Waals surface area contributed by atoms with E-state index >= 15 is 0 Å². The molecule has 0 aliphatic heterocycles. The van der Waals surface area contributed by atoms with Crippen molar-refractivity contribution in [3.8, 4) is 0 Å². The fraction of sp³-hybridized carbons (Fsp3) is 1.00. The highest BCUT2D eigenvalue weighted by molar-refractivity contribution is 6.28. The van der Waals surface area contributed by atoms with Crippen LogP contribution in [0.15, 0.2) is 0 Å². The van der Waals surface area contributed by atoms with Gasteiger partial charge < -0.3 is 0 Å². The maximum atomic E-state index is 9.63. The first-order valence-corrected chi connectivity index (χ1v) is 2.95. The van der Waals surface area contributed by atoms with Gasteiger partial charge in [0.1, 0.15) is 5.38 Å². The molecule has 0 unspecified atom stereocenters. The molecule has 0 aliphatic carbocycles. The Morgan fingerprint density at radius 3 is 2.38 bits per heavy atom. The quantitative estimate of drug-likeness (QED) is 0.350. The van der Waals surface area contributed by atoms with Crippen LogP contribution in [0, 0.1) is 10.1 Å². The Morgan fingerprint density at radius 1 is 1.75 bits per heavy atom. The molecular formula is C3H5Cl2NO2. The molecule has 0 rings (SSSR count). The van der Waals surface area contributed by atoms with E-state index in [-0.39, 0.29) is 12.4 Å². The van der Waals surface area contributed by atoms with Gasteiger partial charge >= 0.3 is 0 Å². The van der Waals surface area contributed by atoms with Gasteiger partial charge in [0.05, 0.1) is 0 Å². The molecule has 0 bridgehead atoms. The van der Waals surface area contributed by atoms with Crippen LogP contribution in [-0.4, -0.2) is 22.7 Å². The molecule has 0 aromatic heterocycles. The number of alkyl halides is 2. The number of hydrogen-bond donors (Lipinski definition) is 0. The highest BCUT2D eigenvalue weighted by Crippen LogP contribution is 1.97. The predicted octanol–water partition coefficient (Wildman–Crippen LogP) is 1.11. The molecule has 0 aromatic carbocycles. The monoisotopic (exact) mass is 157 g/mol. The standard InChI is InChI=1S/C3H5Cl2NO2/c4-1-3(5)2-6(7)8/h3H,1-2H2/t3-/m0/s1. The van der Waals surface area contributed by atoms with Crippen LogP contribution in [0.1, 0.15) is 0 Å². The largest absolute Gasteiger partial charge is 0.264 e. The van der Waals surface area contributed by atoms with Gasteiger partial charge in [0.15, 0.2) is 0 Å². The second-order valence-electron chi connectivity index (χ2n) is 1.27. The van der Waals surface area contributed by atoms with E-state index in [1.54, 1.807) is 0 Å². The van der Waals surface area contributed by atoms with Gasteiger partial charge in [-0.25, -0.2) is 0 Å².